The van der Waals surface area contributed by atoms with E-state index >= 15 is 0 Å². The number of hydroxylamine groups is 1. The molecule has 0 aliphatic heterocycles. The van der Waals surface area contributed by atoms with Crippen molar-refractivity contribution in [1.82, 2.24) is 5.48 Å². The fourth-order valence-corrected chi connectivity index (χ4v) is 1.22. The van der Waals surface area contributed by atoms with Gasteiger partial charge >= 0.3 is 0 Å². The van der Waals surface area contributed by atoms with Gasteiger partial charge in [-0.05, 0) is 30.0 Å². The Kier molecular flexibility index (Phi) is 3.26. The van der Waals surface area contributed by atoms with Gasteiger partial charge < -0.3 is 5.21 Å². The summed E-state index contributed by atoms with van der Waals surface area (Å²) in [6.45, 7) is 4.70. The molecule has 0 aliphatic rings. The summed E-state index contributed by atoms with van der Waals surface area (Å²) in [5.74, 6) is 0. The Morgan fingerprint density at radius 2 is 2.17 bits per heavy atom. The summed E-state index contributed by atoms with van der Waals surface area (Å²) in [4.78, 5) is 0. The van der Waals surface area contributed by atoms with Crippen LogP contribution in [0.1, 0.15) is 23.6 Å². The van der Waals surface area contributed by atoms with Crippen LogP contribution >= 0.6 is 0 Å². The van der Waals surface area contributed by atoms with Crippen molar-refractivity contribution in [2.45, 2.75) is 26.8 Å². The summed E-state index contributed by atoms with van der Waals surface area (Å²) in [5.41, 5.74) is 5.87. The summed E-state index contributed by atoms with van der Waals surface area (Å²) in [5, 5.41) is 8.56. The highest BCUT2D eigenvalue weighted by Gasteiger charge is 1.97. The van der Waals surface area contributed by atoms with E-state index in [-0.39, 0.29) is 0 Å². The fraction of sp³-hybridized carbons (Fsp3) is 0.400. The van der Waals surface area contributed by atoms with Crippen molar-refractivity contribution >= 4 is 0 Å². The third-order valence-corrected chi connectivity index (χ3v) is 2.09. The second kappa shape index (κ2) is 4.24. The number of nitrogens with one attached hydrogen (secondary N) is 1. The molecule has 0 saturated carbocycles. The quantitative estimate of drug-likeness (QED) is 0.672. The van der Waals surface area contributed by atoms with E-state index in [1.807, 2.05) is 6.92 Å². The SMILES string of the molecule is CCc1ccc(C)c(CNO)c1. The standard InChI is InChI=1S/C10H15NO/c1-3-9-5-4-8(2)10(6-9)7-11-12/h4-6,11-12H,3,7H2,1-2H3. The van der Waals surface area contributed by atoms with E-state index in [1.54, 1.807) is 0 Å². The zero-order valence-electron chi connectivity index (χ0n) is 7.59. The molecule has 1 aromatic carbocycles. The molecule has 0 aliphatic carbocycles. The van der Waals surface area contributed by atoms with Crippen LogP contribution in [0.4, 0.5) is 0 Å². The number of aryl methyl sites for hydroxylation is 2. The first-order valence-electron chi connectivity index (χ1n) is 4.23. The molecule has 0 amide bonds. The highest BCUT2D eigenvalue weighted by Crippen LogP contribution is 2.11. The maximum atomic E-state index is 8.56. The van der Waals surface area contributed by atoms with Crippen LogP contribution in [0.3, 0.4) is 0 Å². The molecule has 0 unspecified atom stereocenters. The van der Waals surface area contributed by atoms with Crippen molar-refractivity contribution in [3.8, 4) is 0 Å². The fourth-order valence-electron chi connectivity index (χ4n) is 1.22. The molecule has 0 radical (unpaired) electrons. The molecule has 2 nitrogen and oxygen atoms in total. The maximum absolute atomic E-state index is 8.56. The van der Waals surface area contributed by atoms with E-state index in [2.05, 4.69) is 30.6 Å². The minimum Gasteiger partial charge on any atom is -0.316 e. The van der Waals surface area contributed by atoms with E-state index in [9.17, 15) is 0 Å². The van der Waals surface area contributed by atoms with Crippen molar-refractivity contribution in [2.24, 2.45) is 0 Å². The van der Waals surface area contributed by atoms with Crippen LogP contribution in [0.15, 0.2) is 18.2 Å². The van der Waals surface area contributed by atoms with Crippen LogP contribution in [-0.4, -0.2) is 5.21 Å². The summed E-state index contributed by atoms with van der Waals surface area (Å²) in [6, 6.07) is 6.33. The van der Waals surface area contributed by atoms with Crippen LogP contribution in [0.2, 0.25) is 0 Å². The molecule has 0 atom stereocenters. The lowest BCUT2D eigenvalue weighted by molar-refractivity contribution is 0.161. The topological polar surface area (TPSA) is 32.3 Å². The Labute approximate surface area is 73.2 Å². The van der Waals surface area contributed by atoms with Gasteiger partial charge in [-0.25, -0.2) is 5.48 Å². The van der Waals surface area contributed by atoms with Crippen LogP contribution < -0.4 is 5.48 Å². The molecular formula is C10H15NO. The van der Waals surface area contributed by atoms with E-state index in [0.29, 0.717) is 6.54 Å². The van der Waals surface area contributed by atoms with E-state index in [0.717, 1.165) is 12.0 Å². The predicted molar refractivity (Wildman–Crippen MR) is 49.2 cm³/mol. The van der Waals surface area contributed by atoms with Gasteiger partial charge in [0.05, 0.1) is 0 Å². The van der Waals surface area contributed by atoms with Gasteiger partial charge in [-0.3, -0.25) is 0 Å². The van der Waals surface area contributed by atoms with E-state index in [4.69, 9.17) is 5.21 Å². The first kappa shape index (κ1) is 9.23. The van der Waals surface area contributed by atoms with Gasteiger partial charge in [-0.2, -0.15) is 0 Å². The molecule has 0 saturated heterocycles. The molecular weight excluding hydrogens is 150 g/mol. The van der Waals surface area contributed by atoms with Crippen LogP contribution in [-0.2, 0) is 13.0 Å². The van der Waals surface area contributed by atoms with Crippen LogP contribution in [0, 0.1) is 6.92 Å². The third-order valence-electron chi connectivity index (χ3n) is 2.09. The molecule has 12 heavy (non-hydrogen) atoms. The second-order valence-corrected chi connectivity index (χ2v) is 2.95. The average Bonchev–Trinajstić information content (AvgIpc) is 2.09. The normalized spacial score (nSPS) is 10.2. The van der Waals surface area contributed by atoms with Crippen molar-refractivity contribution in [2.75, 3.05) is 0 Å². The number of hydrogen-bond donors (Lipinski definition) is 2. The highest BCUT2D eigenvalue weighted by molar-refractivity contribution is 5.30. The van der Waals surface area contributed by atoms with Gasteiger partial charge in [0.2, 0.25) is 0 Å². The summed E-state index contributed by atoms with van der Waals surface area (Å²) in [6.07, 6.45) is 1.04. The monoisotopic (exact) mass is 165 g/mol. The molecule has 1 rings (SSSR count). The van der Waals surface area contributed by atoms with Gasteiger partial charge in [0.1, 0.15) is 0 Å². The highest BCUT2D eigenvalue weighted by atomic mass is 16.5. The van der Waals surface area contributed by atoms with Crippen molar-refractivity contribution < 1.29 is 5.21 Å². The van der Waals surface area contributed by atoms with Crippen LogP contribution in [0.25, 0.3) is 0 Å². The van der Waals surface area contributed by atoms with Gasteiger partial charge in [-0.15, -0.1) is 0 Å². The number of rotatable bonds is 3. The molecule has 0 aromatic heterocycles. The summed E-state index contributed by atoms with van der Waals surface area (Å²) in [7, 11) is 0. The lowest BCUT2D eigenvalue weighted by Crippen LogP contribution is -2.07. The zero-order chi connectivity index (χ0) is 8.97. The van der Waals surface area contributed by atoms with Crippen molar-refractivity contribution in [1.29, 1.82) is 0 Å². The van der Waals surface area contributed by atoms with Crippen LogP contribution in [0.5, 0.6) is 0 Å². The Balaban J connectivity index is 2.91. The smallest absolute Gasteiger partial charge is 0.0460 e. The Morgan fingerprint density at radius 1 is 1.42 bits per heavy atom. The second-order valence-electron chi connectivity index (χ2n) is 2.95. The van der Waals surface area contributed by atoms with Crippen molar-refractivity contribution in [3.63, 3.8) is 0 Å². The first-order valence-corrected chi connectivity index (χ1v) is 4.23. The Bertz CT molecular complexity index is 258. The lowest BCUT2D eigenvalue weighted by atomic mass is 10.0. The Morgan fingerprint density at radius 3 is 2.75 bits per heavy atom. The van der Waals surface area contributed by atoms with Crippen molar-refractivity contribution in [3.05, 3.63) is 34.9 Å². The molecule has 0 heterocycles. The molecule has 66 valence electrons. The minimum atomic E-state index is 0.527. The molecule has 0 fully saturated rings. The molecule has 1 aromatic rings. The first-order chi connectivity index (χ1) is 5.77. The third kappa shape index (κ3) is 2.06. The lowest BCUT2D eigenvalue weighted by Gasteiger charge is -2.06. The maximum Gasteiger partial charge on any atom is 0.0460 e. The van der Waals surface area contributed by atoms with E-state index in [1.165, 1.54) is 11.1 Å². The minimum absolute atomic E-state index is 0.527. The number of benzene rings is 1. The zero-order valence-corrected chi connectivity index (χ0v) is 7.59. The molecule has 0 bridgehead atoms. The van der Waals surface area contributed by atoms with Gasteiger partial charge in [0.25, 0.3) is 0 Å². The van der Waals surface area contributed by atoms with Gasteiger partial charge in [0.15, 0.2) is 0 Å². The summed E-state index contributed by atoms with van der Waals surface area (Å²) < 4.78 is 0. The predicted octanol–water partition coefficient (Wildman–Crippen LogP) is 2.04. The average molecular weight is 165 g/mol. The summed E-state index contributed by atoms with van der Waals surface area (Å²) >= 11 is 0. The number of hydrogen-bond acceptors (Lipinski definition) is 2. The van der Waals surface area contributed by atoms with E-state index < -0.39 is 0 Å². The molecule has 2 heteroatoms. The van der Waals surface area contributed by atoms with Gasteiger partial charge in [0, 0.05) is 6.54 Å². The molecule has 0 spiro atoms. The Hall–Kier alpha value is -0.860. The molecule has 2 N–H and O–H groups in total. The largest absolute Gasteiger partial charge is 0.316 e. The van der Waals surface area contributed by atoms with Gasteiger partial charge in [-0.1, -0.05) is 25.1 Å².